The molecule has 0 saturated heterocycles. The first-order valence-corrected chi connectivity index (χ1v) is 6.27. The highest BCUT2D eigenvalue weighted by molar-refractivity contribution is 7.10. The van der Waals surface area contributed by atoms with E-state index in [1.54, 1.807) is 11.3 Å². The van der Waals surface area contributed by atoms with E-state index in [1.807, 2.05) is 24.4 Å². The molecule has 1 aromatic rings. The minimum atomic E-state index is -0.843. The van der Waals surface area contributed by atoms with Gasteiger partial charge in [-0.1, -0.05) is 6.07 Å². The Balaban J connectivity index is 1.90. The van der Waals surface area contributed by atoms with E-state index in [4.69, 9.17) is 0 Å². The second-order valence-corrected chi connectivity index (χ2v) is 5.29. The lowest BCUT2D eigenvalue weighted by atomic mass is 10.1. The third-order valence-corrected chi connectivity index (χ3v) is 3.68. The highest BCUT2D eigenvalue weighted by Gasteiger charge is 2.25. The lowest BCUT2D eigenvalue weighted by molar-refractivity contribution is 0.0656. The highest BCUT2D eigenvalue weighted by Crippen LogP contribution is 2.24. The predicted molar refractivity (Wildman–Crippen MR) is 66.8 cm³/mol. The van der Waals surface area contributed by atoms with E-state index in [0.717, 1.165) is 17.4 Å². The molecule has 3 N–H and O–H groups in total. The van der Waals surface area contributed by atoms with Crippen LogP contribution in [0.4, 0.5) is 0 Å². The first-order chi connectivity index (χ1) is 7.58. The lowest BCUT2D eigenvalue weighted by Crippen LogP contribution is -2.44. The molecule has 1 aliphatic rings. The van der Waals surface area contributed by atoms with E-state index in [2.05, 4.69) is 22.5 Å². The molecule has 2 rings (SSSR count). The molecule has 4 nitrogen and oxygen atoms in total. The normalized spacial score (nSPS) is 23.4. The summed E-state index contributed by atoms with van der Waals surface area (Å²) >= 11 is 1.56. The van der Waals surface area contributed by atoms with Gasteiger partial charge >= 0.3 is 0 Å². The third-order valence-electron chi connectivity index (χ3n) is 2.56. The van der Waals surface area contributed by atoms with Gasteiger partial charge in [-0.15, -0.1) is 11.3 Å². The summed E-state index contributed by atoms with van der Waals surface area (Å²) < 4.78 is 0. The first kappa shape index (κ1) is 11.4. The van der Waals surface area contributed by atoms with Crippen molar-refractivity contribution >= 4 is 17.3 Å². The fourth-order valence-electron chi connectivity index (χ4n) is 1.59. The Kier molecular flexibility index (Phi) is 3.16. The van der Waals surface area contributed by atoms with E-state index in [0.29, 0.717) is 12.6 Å². The summed E-state index contributed by atoms with van der Waals surface area (Å²) in [6.45, 7) is 5.15. The van der Waals surface area contributed by atoms with Gasteiger partial charge in [-0.05, 0) is 25.3 Å². The predicted octanol–water partition coefficient (Wildman–Crippen LogP) is 0.893. The first-order valence-electron chi connectivity index (χ1n) is 5.39. The quantitative estimate of drug-likeness (QED) is 0.734. The molecule has 0 spiro atoms. The fourth-order valence-corrected chi connectivity index (χ4v) is 2.37. The van der Waals surface area contributed by atoms with Crippen molar-refractivity contribution < 1.29 is 5.11 Å². The molecular formula is C11H17N3OS. The minimum absolute atomic E-state index is 0.384. The molecule has 88 valence electrons. The molecule has 1 aliphatic heterocycles. The van der Waals surface area contributed by atoms with Crippen molar-refractivity contribution in [1.82, 2.24) is 10.6 Å². The summed E-state index contributed by atoms with van der Waals surface area (Å²) in [5.74, 6) is 0.782. The number of guanidine groups is 1. The van der Waals surface area contributed by atoms with E-state index < -0.39 is 5.60 Å². The van der Waals surface area contributed by atoms with E-state index in [9.17, 15) is 5.11 Å². The second kappa shape index (κ2) is 4.43. The summed E-state index contributed by atoms with van der Waals surface area (Å²) in [6, 6.07) is 4.27. The molecule has 0 amide bonds. The Morgan fingerprint density at radius 1 is 1.75 bits per heavy atom. The largest absolute Gasteiger partial charge is 0.383 e. The third kappa shape index (κ3) is 2.54. The van der Waals surface area contributed by atoms with Crippen LogP contribution in [0.25, 0.3) is 0 Å². The Bertz CT molecular complexity index is 373. The average molecular weight is 239 g/mol. The van der Waals surface area contributed by atoms with Crippen LogP contribution < -0.4 is 10.6 Å². The zero-order chi connectivity index (χ0) is 11.6. The van der Waals surface area contributed by atoms with Crippen LogP contribution in [0.1, 0.15) is 18.7 Å². The van der Waals surface area contributed by atoms with E-state index in [1.165, 1.54) is 0 Å². The van der Waals surface area contributed by atoms with Gasteiger partial charge in [-0.2, -0.15) is 0 Å². The standard InChI is InChI=1S/C11H17N3OS/c1-8-6-12-10(14-8)13-7-11(2,15)9-4-3-5-16-9/h3-5,8,15H,6-7H2,1-2H3,(H2,12,13,14). The number of thiophene rings is 1. The maximum atomic E-state index is 10.3. The molecule has 5 heteroatoms. The Hall–Kier alpha value is -1.07. The minimum Gasteiger partial charge on any atom is -0.383 e. The molecule has 0 aromatic carbocycles. The lowest BCUT2D eigenvalue weighted by Gasteiger charge is -2.23. The average Bonchev–Trinajstić information content (AvgIpc) is 2.85. The van der Waals surface area contributed by atoms with Gasteiger partial charge in [-0.25, -0.2) is 0 Å². The summed E-state index contributed by atoms with van der Waals surface area (Å²) in [7, 11) is 0. The Labute approximate surface area is 99.4 Å². The van der Waals surface area contributed by atoms with Gasteiger partial charge in [0.25, 0.3) is 0 Å². The topological polar surface area (TPSA) is 56.7 Å². The van der Waals surface area contributed by atoms with Crippen LogP contribution in [0.2, 0.25) is 0 Å². The molecule has 0 radical (unpaired) electrons. The molecule has 16 heavy (non-hydrogen) atoms. The van der Waals surface area contributed by atoms with Crippen LogP contribution >= 0.6 is 11.3 Å². The monoisotopic (exact) mass is 239 g/mol. The molecule has 0 fully saturated rings. The van der Waals surface area contributed by atoms with Crippen LogP contribution in [0.3, 0.4) is 0 Å². The fraction of sp³-hybridized carbons (Fsp3) is 0.545. The van der Waals surface area contributed by atoms with Crippen molar-refractivity contribution in [3.05, 3.63) is 22.4 Å². The van der Waals surface area contributed by atoms with Crippen molar-refractivity contribution in [1.29, 1.82) is 0 Å². The SMILES string of the molecule is CC1CN=C(NCC(C)(O)c2cccs2)N1. The summed E-state index contributed by atoms with van der Waals surface area (Å²) in [5, 5.41) is 18.6. The molecule has 2 atom stereocenters. The molecule has 0 bridgehead atoms. The van der Waals surface area contributed by atoms with Crippen LogP contribution in [-0.4, -0.2) is 30.2 Å². The Morgan fingerprint density at radius 3 is 3.12 bits per heavy atom. The number of aliphatic imine (C=N–C) groups is 1. The second-order valence-electron chi connectivity index (χ2n) is 4.34. The van der Waals surface area contributed by atoms with Crippen LogP contribution in [0, 0.1) is 0 Å². The summed E-state index contributed by atoms with van der Waals surface area (Å²) in [5.41, 5.74) is -0.843. The molecule has 0 saturated carbocycles. The molecule has 0 aliphatic carbocycles. The number of hydrogen-bond donors (Lipinski definition) is 3. The molecule has 2 heterocycles. The van der Waals surface area contributed by atoms with Crippen molar-refractivity contribution in [3.8, 4) is 0 Å². The molecule has 2 unspecified atom stereocenters. The highest BCUT2D eigenvalue weighted by atomic mass is 32.1. The molecular weight excluding hydrogens is 222 g/mol. The van der Waals surface area contributed by atoms with Crippen molar-refractivity contribution in [2.24, 2.45) is 4.99 Å². The maximum absolute atomic E-state index is 10.3. The number of hydrogen-bond acceptors (Lipinski definition) is 5. The zero-order valence-electron chi connectivity index (χ0n) is 9.53. The van der Waals surface area contributed by atoms with Gasteiger partial charge in [0.15, 0.2) is 5.96 Å². The molecule has 1 aromatic heterocycles. The van der Waals surface area contributed by atoms with Gasteiger partial charge in [0.1, 0.15) is 5.60 Å². The zero-order valence-corrected chi connectivity index (χ0v) is 10.3. The van der Waals surface area contributed by atoms with Gasteiger partial charge in [0, 0.05) is 10.9 Å². The maximum Gasteiger partial charge on any atom is 0.191 e. The van der Waals surface area contributed by atoms with Gasteiger partial charge < -0.3 is 15.7 Å². The van der Waals surface area contributed by atoms with Gasteiger partial charge in [0.05, 0.1) is 13.1 Å². The summed E-state index contributed by atoms with van der Waals surface area (Å²) in [4.78, 5) is 5.25. The van der Waals surface area contributed by atoms with Gasteiger partial charge in [-0.3, -0.25) is 4.99 Å². The van der Waals surface area contributed by atoms with Crippen molar-refractivity contribution in [2.75, 3.05) is 13.1 Å². The number of aliphatic hydroxyl groups is 1. The van der Waals surface area contributed by atoms with E-state index in [-0.39, 0.29) is 0 Å². The number of nitrogens with zero attached hydrogens (tertiary/aromatic N) is 1. The van der Waals surface area contributed by atoms with Crippen LogP contribution in [0.15, 0.2) is 22.5 Å². The number of rotatable bonds is 3. The van der Waals surface area contributed by atoms with E-state index >= 15 is 0 Å². The van der Waals surface area contributed by atoms with Crippen LogP contribution in [0.5, 0.6) is 0 Å². The van der Waals surface area contributed by atoms with Gasteiger partial charge in [0.2, 0.25) is 0 Å². The van der Waals surface area contributed by atoms with Crippen molar-refractivity contribution in [2.45, 2.75) is 25.5 Å². The summed E-state index contributed by atoms with van der Waals surface area (Å²) in [6.07, 6.45) is 0. The van der Waals surface area contributed by atoms with Crippen LogP contribution in [-0.2, 0) is 5.60 Å². The van der Waals surface area contributed by atoms with Crippen molar-refractivity contribution in [3.63, 3.8) is 0 Å². The number of nitrogens with one attached hydrogen (secondary N) is 2. The Morgan fingerprint density at radius 2 is 2.56 bits per heavy atom. The smallest absolute Gasteiger partial charge is 0.191 e.